The van der Waals surface area contributed by atoms with Gasteiger partial charge in [-0.3, -0.25) is 15.0 Å². The number of nitrogens with zero attached hydrogens (tertiary/aromatic N) is 2. The van der Waals surface area contributed by atoms with Crippen molar-refractivity contribution >= 4 is 11.9 Å². The molecule has 0 saturated carbocycles. The van der Waals surface area contributed by atoms with E-state index in [1.807, 2.05) is 66.1 Å². The molecule has 2 saturated heterocycles. The molecule has 0 bridgehead atoms. The lowest BCUT2D eigenvalue weighted by Crippen LogP contribution is -2.68. The van der Waals surface area contributed by atoms with Crippen LogP contribution in [0.3, 0.4) is 0 Å². The van der Waals surface area contributed by atoms with Gasteiger partial charge in [0.1, 0.15) is 18.3 Å². The first-order valence-electron chi connectivity index (χ1n) is 11.7. The van der Waals surface area contributed by atoms with Crippen LogP contribution in [0.2, 0.25) is 0 Å². The molecule has 5 rings (SSSR count). The van der Waals surface area contributed by atoms with E-state index in [1.54, 1.807) is 7.11 Å². The average Bonchev–Trinajstić information content (AvgIpc) is 3.24. The molecule has 0 aliphatic carbocycles. The van der Waals surface area contributed by atoms with Gasteiger partial charge in [0.25, 0.3) is 0 Å². The summed E-state index contributed by atoms with van der Waals surface area (Å²) >= 11 is 0. The van der Waals surface area contributed by atoms with E-state index in [4.69, 9.17) is 9.47 Å². The van der Waals surface area contributed by atoms with E-state index < -0.39 is 6.23 Å². The SMILES string of the molecule is COc1ccc(C[N+]2=C3N[C@H](C)[C@H](C(=O)OCc4ccccc4)[C@@H]4CC[C@@H](CC2O)N34)cc1. The number of carbonyl (C=O) groups excluding carboxylic acids is 1. The van der Waals surface area contributed by atoms with Crippen molar-refractivity contribution in [3.05, 3.63) is 65.7 Å². The lowest BCUT2D eigenvalue weighted by molar-refractivity contribution is -0.636. The molecule has 2 aromatic rings. The number of nitrogens with one attached hydrogen (secondary N) is 1. The summed E-state index contributed by atoms with van der Waals surface area (Å²) in [6, 6.07) is 17.9. The summed E-state index contributed by atoms with van der Waals surface area (Å²) in [5.41, 5.74) is 2.08. The Balaban J connectivity index is 1.37. The van der Waals surface area contributed by atoms with Crippen molar-refractivity contribution in [2.24, 2.45) is 5.92 Å². The standard InChI is InChI=1S/C26H31N3O4/c1-17-24(25(31)33-16-19-6-4-3-5-7-19)22-13-10-20-14-23(30)28(26(27-17)29(20)22)15-18-8-11-21(32-2)12-9-18/h3-9,11-12,17,20,22-24,30H,10,13-16H2,1-2H3/p+1/t17-,20+,22+,23?,24+/m1/s1. The van der Waals surface area contributed by atoms with Crippen LogP contribution in [-0.4, -0.2) is 58.0 Å². The molecule has 2 N–H and O–H groups in total. The summed E-state index contributed by atoms with van der Waals surface area (Å²) in [5, 5.41) is 14.5. The van der Waals surface area contributed by atoms with Crippen LogP contribution < -0.4 is 10.1 Å². The van der Waals surface area contributed by atoms with Crippen molar-refractivity contribution in [1.29, 1.82) is 0 Å². The molecule has 2 fully saturated rings. The van der Waals surface area contributed by atoms with Gasteiger partial charge < -0.3 is 14.6 Å². The Morgan fingerprint density at radius 2 is 1.88 bits per heavy atom. The zero-order valence-corrected chi connectivity index (χ0v) is 19.2. The topological polar surface area (TPSA) is 74.0 Å². The van der Waals surface area contributed by atoms with Crippen LogP contribution in [0.5, 0.6) is 5.75 Å². The first-order valence-corrected chi connectivity index (χ1v) is 11.7. The summed E-state index contributed by atoms with van der Waals surface area (Å²) in [6.07, 6.45) is 1.99. The third kappa shape index (κ3) is 4.17. The second-order valence-electron chi connectivity index (χ2n) is 9.27. The van der Waals surface area contributed by atoms with Crippen molar-refractivity contribution in [3.63, 3.8) is 0 Å². The van der Waals surface area contributed by atoms with E-state index in [0.29, 0.717) is 13.0 Å². The number of rotatable bonds is 6. The Bertz CT molecular complexity index is 1020. The minimum atomic E-state index is -0.566. The van der Waals surface area contributed by atoms with Crippen molar-refractivity contribution < 1.29 is 24.0 Å². The quantitative estimate of drug-likeness (QED) is 0.520. The number of guanidine groups is 1. The molecule has 3 heterocycles. The molecule has 7 heteroatoms. The second-order valence-corrected chi connectivity index (χ2v) is 9.27. The zero-order chi connectivity index (χ0) is 22.9. The second kappa shape index (κ2) is 9.06. The number of aliphatic hydroxyl groups excluding tert-OH is 1. The summed E-state index contributed by atoms with van der Waals surface area (Å²) in [6.45, 7) is 2.91. The number of hydrogen-bond donors (Lipinski definition) is 2. The maximum absolute atomic E-state index is 13.2. The molecule has 0 aromatic heterocycles. The summed E-state index contributed by atoms with van der Waals surface area (Å²) in [4.78, 5) is 15.5. The Labute approximate surface area is 194 Å². The molecule has 1 unspecified atom stereocenters. The van der Waals surface area contributed by atoms with E-state index in [9.17, 15) is 9.90 Å². The summed E-state index contributed by atoms with van der Waals surface area (Å²) < 4.78 is 13.0. The highest BCUT2D eigenvalue weighted by atomic mass is 16.5. The van der Waals surface area contributed by atoms with Gasteiger partial charge in [-0.25, -0.2) is 4.58 Å². The number of carbonyl (C=O) groups is 1. The highest BCUT2D eigenvalue weighted by Crippen LogP contribution is 2.38. The molecule has 3 aliphatic rings. The van der Waals surface area contributed by atoms with Crippen LogP contribution in [0.25, 0.3) is 0 Å². The van der Waals surface area contributed by atoms with Crippen molar-refractivity contribution in [3.8, 4) is 5.75 Å². The van der Waals surface area contributed by atoms with Crippen LogP contribution in [0.4, 0.5) is 0 Å². The number of benzene rings is 2. The van der Waals surface area contributed by atoms with Crippen LogP contribution in [-0.2, 0) is 22.7 Å². The zero-order valence-electron chi connectivity index (χ0n) is 19.2. The lowest BCUT2D eigenvalue weighted by atomic mass is 9.89. The summed E-state index contributed by atoms with van der Waals surface area (Å²) in [5.74, 6) is 1.33. The number of ether oxygens (including phenoxy) is 2. The fourth-order valence-electron chi connectivity index (χ4n) is 5.56. The molecule has 174 valence electrons. The van der Waals surface area contributed by atoms with Gasteiger partial charge in [0.05, 0.1) is 31.8 Å². The Morgan fingerprint density at radius 1 is 1.12 bits per heavy atom. The molecular weight excluding hydrogens is 418 g/mol. The lowest BCUT2D eigenvalue weighted by Gasteiger charge is -2.43. The van der Waals surface area contributed by atoms with Crippen LogP contribution in [0, 0.1) is 5.92 Å². The maximum Gasteiger partial charge on any atom is 0.351 e. The third-order valence-electron chi connectivity index (χ3n) is 7.22. The number of aliphatic hydroxyl groups is 1. The highest BCUT2D eigenvalue weighted by molar-refractivity contribution is 5.83. The molecular formula is C26H32N3O4+. The van der Waals surface area contributed by atoms with Gasteiger partial charge in [-0.05, 0) is 43.0 Å². The van der Waals surface area contributed by atoms with Crippen LogP contribution in [0.15, 0.2) is 54.6 Å². The molecule has 0 radical (unpaired) electrons. The summed E-state index contributed by atoms with van der Waals surface area (Å²) in [7, 11) is 1.65. The van der Waals surface area contributed by atoms with Crippen molar-refractivity contribution in [1.82, 2.24) is 10.2 Å². The van der Waals surface area contributed by atoms with Crippen LogP contribution >= 0.6 is 0 Å². The number of methoxy groups -OCH3 is 1. The maximum atomic E-state index is 13.2. The van der Waals surface area contributed by atoms with Gasteiger partial charge >= 0.3 is 11.9 Å². The Kier molecular flexibility index (Phi) is 5.98. The molecule has 2 aromatic carbocycles. The fourth-order valence-corrected chi connectivity index (χ4v) is 5.56. The molecule has 3 aliphatic heterocycles. The molecule has 7 nitrogen and oxygen atoms in total. The monoisotopic (exact) mass is 450 g/mol. The van der Waals surface area contributed by atoms with Gasteiger partial charge in [-0.1, -0.05) is 42.5 Å². The van der Waals surface area contributed by atoms with Gasteiger partial charge in [0, 0.05) is 6.42 Å². The molecule has 5 atom stereocenters. The Morgan fingerprint density at radius 3 is 2.61 bits per heavy atom. The van der Waals surface area contributed by atoms with E-state index in [-0.39, 0.29) is 36.6 Å². The largest absolute Gasteiger partial charge is 0.497 e. The fraction of sp³-hybridized carbons (Fsp3) is 0.462. The highest BCUT2D eigenvalue weighted by Gasteiger charge is 2.57. The van der Waals surface area contributed by atoms with Gasteiger partial charge in [-0.2, -0.15) is 0 Å². The number of hydrogen-bond acceptors (Lipinski definition) is 6. The van der Waals surface area contributed by atoms with E-state index in [0.717, 1.165) is 35.7 Å². The molecule has 0 spiro atoms. The smallest absolute Gasteiger partial charge is 0.351 e. The van der Waals surface area contributed by atoms with Crippen molar-refractivity contribution in [2.45, 2.75) is 63.7 Å². The average molecular weight is 451 g/mol. The van der Waals surface area contributed by atoms with Crippen molar-refractivity contribution in [2.75, 3.05) is 7.11 Å². The van der Waals surface area contributed by atoms with Crippen LogP contribution in [0.1, 0.15) is 37.3 Å². The normalized spacial score (nSPS) is 28.2. The van der Waals surface area contributed by atoms with E-state index in [1.165, 1.54) is 0 Å². The molecule has 0 amide bonds. The van der Waals surface area contributed by atoms with Gasteiger partial charge in [0.2, 0.25) is 0 Å². The molecule has 33 heavy (non-hydrogen) atoms. The predicted molar refractivity (Wildman–Crippen MR) is 124 cm³/mol. The first-order chi connectivity index (χ1) is 16.0. The van der Waals surface area contributed by atoms with Gasteiger partial charge in [0.15, 0.2) is 6.23 Å². The number of esters is 1. The Hall–Kier alpha value is -3.06. The minimum Gasteiger partial charge on any atom is -0.497 e. The predicted octanol–water partition coefficient (Wildman–Crippen LogP) is 2.47. The van der Waals surface area contributed by atoms with E-state index in [2.05, 4.69) is 10.2 Å². The first kappa shape index (κ1) is 21.8. The van der Waals surface area contributed by atoms with E-state index >= 15 is 0 Å². The minimum absolute atomic E-state index is 0.0791. The van der Waals surface area contributed by atoms with Gasteiger partial charge in [-0.15, -0.1) is 0 Å². The third-order valence-corrected chi connectivity index (χ3v) is 7.22.